The monoisotopic (exact) mass is 546 g/mol. The second-order valence-electron chi connectivity index (χ2n) is 8.67. The topological polar surface area (TPSA) is 126 Å². The number of carbonyl (C=O) groups is 4. The van der Waals surface area contributed by atoms with E-state index in [9.17, 15) is 19.2 Å². The largest absolute Gasteiger partial charge is 0.466 e. The Balaban J connectivity index is 1.31. The Morgan fingerprint density at radius 3 is 2.26 bits per heavy atom. The standard InChI is InChI=1S/C29H30N4O5S/c1-20-7-5-11-23(19-20)27(36)30-24-14-12-22(13-15-24)28(37)32-33-29(39)31-25(34)16-17-26(35)38-18-6-10-21-8-3-2-4-9-21/h2-5,7-9,11-15,19H,6,10,16-18H2,1H3,(H,30,36)(H,32,37)(H2,31,33,34,39). The van der Waals surface area contributed by atoms with Crippen LogP contribution < -0.4 is 21.5 Å². The molecule has 0 radical (unpaired) electrons. The van der Waals surface area contributed by atoms with Crippen molar-refractivity contribution >= 4 is 46.7 Å². The molecule has 3 rings (SSSR count). The van der Waals surface area contributed by atoms with Gasteiger partial charge in [-0.05, 0) is 73.9 Å². The van der Waals surface area contributed by atoms with E-state index in [1.54, 1.807) is 30.3 Å². The van der Waals surface area contributed by atoms with Gasteiger partial charge in [0.05, 0.1) is 13.0 Å². The first-order chi connectivity index (χ1) is 18.8. The third-order valence-electron chi connectivity index (χ3n) is 5.50. The Bertz CT molecular complexity index is 1310. The number of rotatable bonds is 10. The molecule has 3 aromatic rings. The fourth-order valence-electron chi connectivity index (χ4n) is 3.50. The fraction of sp³-hybridized carbons (Fsp3) is 0.207. The lowest BCUT2D eigenvalue weighted by molar-refractivity contribution is -0.145. The molecule has 0 aromatic heterocycles. The number of anilines is 1. The van der Waals surface area contributed by atoms with Gasteiger partial charge in [-0.15, -0.1) is 0 Å². The summed E-state index contributed by atoms with van der Waals surface area (Å²) in [5.74, 6) is -1.71. The highest BCUT2D eigenvalue weighted by atomic mass is 32.1. The number of nitrogens with one attached hydrogen (secondary N) is 4. The molecule has 0 unspecified atom stereocenters. The van der Waals surface area contributed by atoms with Crippen molar-refractivity contribution in [3.8, 4) is 0 Å². The maximum atomic E-state index is 12.4. The van der Waals surface area contributed by atoms with Crippen LogP contribution in [0.3, 0.4) is 0 Å². The molecular formula is C29H30N4O5S. The molecule has 0 spiro atoms. The van der Waals surface area contributed by atoms with E-state index in [2.05, 4.69) is 21.5 Å². The number of aryl methyl sites for hydroxylation is 2. The summed E-state index contributed by atoms with van der Waals surface area (Å²) >= 11 is 5.01. The number of hydrogen-bond acceptors (Lipinski definition) is 6. The van der Waals surface area contributed by atoms with Crippen molar-refractivity contribution in [2.75, 3.05) is 11.9 Å². The summed E-state index contributed by atoms with van der Waals surface area (Å²) in [6.45, 7) is 2.18. The van der Waals surface area contributed by atoms with Gasteiger partial charge < -0.3 is 15.4 Å². The van der Waals surface area contributed by atoms with Crippen molar-refractivity contribution < 1.29 is 23.9 Å². The Morgan fingerprint density at radius 2 is 1.54 bits per heavy atom. The minimum Gasteiger partial charge on any atom is -0.466 e. The fourth-order valence-corrected chi connectivity index (χ4v) is 3.66. The molecule has 0 aliphatic carbocycles. The summed E-state index contributed by atoms with van der Waals surface area (Å²) in [6, 6.07) is 23.4. The zero-order valence-corrected chi connectivity index (χ0v) is 22.3. The highest BCUT2D eigenvalue weighted by molar-refractivity contribution is 7.80. The number of esters is 1. The van der Waals surface area contributed by atoms with Gasteiger partial charge in [0.1, 0.15) is 0 Å². The normalized spacial score (nSPS) is 10.2. The molecule has 3 amide bonds. The SMILES string of the molecule is Cc1cccc(C(=O)Nc2ccc(C(=O)NNC(=S)NC(=O)CCC(=O)OCCCc3ccccc3)cc2)c1. The zero-order valence-electron chi connectivity index (χ0n) is 21.5. The molecule has 0 aliphatic heterocycles. The lowest BCUT2D eigenvalue weighted by atomic mass is 10.1. The predicted octanol–water partition coefficient (Wildman–Crippen LogP) is 3.84. The number of hydrazine groups is 1. The molecule has 0 saturated heterocycles. The summed E-state index contributed by atoms with van der Waals surface area (Å²) in [7, 11) is 0. The van der Waals surface area contributed by atoms with Gasteiger partial charge in [0, 0.05) is 23.2 Å². The second-order valence-corrected chi connectivity index (χ2v) is 9.08. The van der Waals surface area contributed by atoms with Crippen LogP contribution >= 0.6 is 12.2 Å². The van der Waals surface area contributed by atoms with Gasteiger partial charge in [-0.3, -0.25) is 30.0 Å². The molecule has 10 heteroatoms. The smallest absolute Gasteiger partial charge is 0.306 e. The Hall–Kier alpha value is -4.57. The number of thiocarbonyl (C=S) groups is 1. The summed E-state index contributed by atoms with van der Waals surface area (Å²) in [6.07, 6.45) is 1.30. The first kappa shape index (κ1) is 29.0. The number of carbonyl (C=O) groups excluding carboxylic acids is 4. The van der Waals surface area contributed by atoms with Crippen molar-refractivity contribution in [1.82, 2.24) is 16.2 Å². The molecule has 0 atom stereocenters. The highest BCUT2D eigenvalue weighted by Crippen LogP contribution is 2.12. The van der Waals surface area contributed by atoms with Crippen molar-refractivity contribution in [3.63, 3.8) is 0 Å². The lowest BCUT2D eigenvalue weighted by Crippen LogP contribution is -2.48. The molecular weight excluding hydrogens is 516 g/mol. The number of amides is 3. The molecule has 9 nitrogen and oxygen atoms in total. The van der Waals surface area contributed by atoms with E-state index >= 15 is 0 Å². The maximum absolute atomic E-state index is 12.4. The maximum Gasteiger partial charge on any atom is 0.306 e. The van der Waals surface area contributed by atoms with Crippen LogP contribution in [0.2, 0.25) is 0 Å². The Kier molecular flexibility index (Phi) is 11.1. The van der Waals surface area contributed by atoms with E-state index in [-0.39, 0.29) is 30.5 Å². The summed E-state index contributed by atoms with van der Waals surface area (Å²) < 4.78 is 5.16. The minimum atomic E-state index is -0.498. The summed E-state index contributed by atoms with van der Waals surface area (Å²) in [5.41, 5.74) is 8.34. The zero-order chi connectivity index (χ0) is 28.0. The van der Waals surface area contributed by atoms with Crippen molar-refractivity contribution in [3.05, 3.63) is 101 Å². The van der Waals surface area contributed by atoms with Gasteiger partial charge in [-0.25, -0.2) is 0 Å². The van der Waals surface area contributed by atoms with E-state index in [1.807, 2.05) is 43.3 Å². The van der Waals surface area contributed by atoms with Crippen LogP contribution in [0.4, 0.5) is 5.69 Å². The summed E-state index contributed by atoms with van der Waals surface area (Å²) in [5, 5.41) is 5.05. The number of hydrogen-bond donors (Lipinski definition) is 4. The average molecular weight is 547 g/mol. The minimum absolute atomic E-state index is 0.0844. The van der Waals surface area contributed by atoms with Crippen molar-refractivity contribution in [1.29, 1.82) is 0 Å². The van der Waals surface area contributed by atoms with E-state index in [1.165, 1.54) is 17.7 Å². The number of ether oxygens (including phenoxy) is 1. The van der Waals surface area contributed by atoms with Gasteiger partial charge in [0.15, 0.2) is 5.11 Å². The van der Waals surface area contributed by atoms with Crippen molar-refractivity contribution in [2.24, 2.45) is 0 Å². The van der Waals surface area contributed by atoms with Gasteiger partial charge in [-0.2, -0.15) is 0 Å². The molecule has 202 valence electrons. The lowest BCUT2D eigenvalue weighted by Gasteiger charge is -2.11. The van der Waals surface area contributed by atoms with Gasteiger partial charge in [0.25, 0.3) is 11.8 Å². The molecule has 3 aromatic carbocycles. The van der Waals surface area contributed by atoms with E-state index in [0.29, 0.717) is 23.2 Å². The average Bonchev–Trinajstić information content (AvgIpc) is 2.94. The van der Waals surface area contributed by atoms with Gasteiger partial charge in [-0.1, -0.05) is 48.0 Å². The van der Waals surface area contributed by atoms with Crippen LogP contribution in [-0.4, -0.2) is 35.4 Å². The van der Waals surface area contributed by atoms with Crippen LogP contribution in [0, 0.1) is 6.92 Å². The van der Waals surface area contributed by atoms with Crippen molar-refractivity contribution in [2.45, 2.75) is 32.6 Å². The van der Waals surface area contributed by atoms with Crippen LogP contribution in [0.25, 0.3) is 0 Å². The predicted molar refractivity (Wildman–Crippen MR) is 152 cm³/mol. The quantitative estimate of drug-likeness (QED) is 0.132. The van der Waals surface area contributed by atoms with E-state index < -0.39 is 17.8 Å². The molecule has 39 heavy (non-hydrogen) atoms. The third kappa shape index (κ3) is 10.4. The van der Waals surface area contributed by atoms with Gasteiger partial charge in [0.2, 0.25) is 5.91 Å². The molecule has 0 heterocycles. The van der Waals surface area contributed by atoms with Crippen LogP contribution in [-0.2, 0) is 20.7 Å². The van der Waals surface area contributed by atoms with Crippen LogP contribution in [0.5, 0.6) is 0 Å². The first-order valence-electron chi connectivity index (χ1n) is 12.4. The molecule has 0 saturated carbocycles. The molecule has 4 N–H and O–H groups in total. The second kappa shape index (κ2) is 15.0. The molecule has 0 fully saturated rings. The first-order valence-corrected chi connectivity index (χ1v) is 12.8. The van der Waals surface area contributed by atoms with E-state index in [0.717, 1.165) is 12.0 Å². The van der Waals surface area contributed by atoms with Gasteiger partial charge >= 0.3 is 5.97 Å². The Labute approximate surface area is 232 Å². The van der Waals surface area contributed by atoms with Crippen LogP contribution in [0.1, 0.15) is 51.1 Å². The third-order valence-corrected chi connectivity index (χ3v) is 5.70. The Morgan fingerprint density at radius 1 is 0.795 bits per heavy atom. The molecule has 0 aliphatic rings. The highest BCUT2D eigenvalue weighted by Gasteiger charge is 2.12. The van der Waals surface area contributed by atoms with E-state index in [4.69, 9.17) is 17.0 Å². The van der Waals surface area contributed by atoms with Crippen LogP contribution in [0.15, 0.2) is 78.9 Å². The molecule has 0 bridgehead atoms. The number of benzene rings is 3. The summed E-state index contributed by atoms with van der Waals surface area (Å²) in [4.78, 5) is 48.6.